The Morgan fingerprint density at radius 2 is 1.88 bits per heavy atom. The van der Waals surface area contributed by atoms with Crippen molar-refractivity contribution in [2.24, 2.45) is 0 Å². The van der Waals surface area contributed by atoms with Crippen LogP contribution in [0, 0.1) is 0 Å². The summed E-state index contributed by atoms with van der Waals surface area (Å²) in [5.74, 6) is 0.986. The summed E-state index contributed by atoms with van der Waals surface area (Å²) in [6.45, 7) is 9.10. The minimum Gasteiger partial charge on any atom is -0.390 e. The van der Waals surface area contributed by atoms with Crippen LogP contribution in [0.5, 0.6) is 0 Å². The molecule has 140 valence electrons. The molecule has 0 aromatic carbocycles. The molecule has 1 N–H and O–H groups in total. The maximum atomic E-state index is 10.6. The number of aliphatic hydroxyl groups excluding tert-OH is 1. The van der Waals surface area contributed by atoms with E-state index in [2.05, 4.69) is 33.6 Å². The summed E-state index contributed by atoms with van der Waals surface area (Å²) < 4.78 is 5.77. The first kappa shape index (κ1) is 18.5. The predicted molar refractivity (Wildman–Crippen MR) is 97.8 cm³/mol. The fraction of sp³-hybridized carbons (Fsp3) is 0.778. The van der Waals surface area contributed by atoms with Gasteiger partial charge in [0.05, 0.1) is 24.0 Å². The molecule has 3 heterocycles. The van der Waals surface area contributed by atoms with Crippen LogP contribution in [-0.2, 0) is 17.7 Å². The molecule has 1 aromatic rings. The lowest BCUT2D eigenvalue weighted by molar-refractivity contribution is -0.0781. The number of aromatic nitrogens is 2. The zero-order valence-corrected chi connectivity index (χ0v) is 15.9. The number of anilines is 1. The molecule has 25 heavy (non-hydrogen) atoms. The zero-order valence-electron chi connectivity index (χ0n) is 15.9. The summed E-state index contributed by atoms with van der Waals surface area (Å²) in [4.78, 5) is 15.5. The van der Waals surface area contributed by atoms with E-state index in [-0.39, 0.29) is 18.3 Å². The lowest BCUT2D eigenvalue weighted by Gasteiger charge is -2.37. The van der Waals surface area contributed by atoms with Crippen LogP contribution in [0.2, 0.25) is 0 Å². The molecule has 0 aliphatic carbocycles. The number of aliphatic hydroxyl groups is 1. The van der Waals surface area contributed by atoms with Gasteiger partial charge in [0.1, 0.15) is 12.1 Å². The minimum atomic E-state index is -0.355. The summed E-state index contributed by atoms with van der Waals surface area (Å²) in [6.07, 6.45) is 2.68. The third-order valence-electron chi connectivity index (χ3n) is 4.92. The summed E-state index contributed by atoms with van der Waals surface area (Å²) in [5, 5.41) is 10.6. The molecule has 3 rings (SSSR count). The van der Waals surface area contributed by atoms with Gasteiger partial charge in [-0.3, -0.25) is 9.80 Å². The van der Waals surface area contributed by atoms with Crippen LogP contribution in [0.25, 0.3) is 0 Å². The average Bonchev–Trinajstić information content (AvgIpc) is 2.52. The van der Waals surface area contributed by atoms with Crippen LogP contribution in [-0.4, -0.2) is 90.0 Å². The largest absolute Gasteiger partial charge is 0.390 e. The molecule has 1 saturated heterocycles. The number of nitrogens with zero attached hydrogens (tertiary/aromatic N) is 5. The van der Waals surface area contributed by atoms with E-state index in [0.717, 1.165) is 44.1 Å². The molecule has 0 amide bonds. The third kappa shape index (κ3) is 4.67. The molecule has 0 unspecified atom stereocenters. The van der Waals surface area contributed by atoms with Gasteiger partial charge in [-0.1, -0.05) is 0 Å². The van der Waals surface area contributed by atoms with Gasteiger partial charge in [0.2, 0.25) is 0 Å². The number of hydrogen-bond acceptors (Lipinski definition) is 7. The van der Waals surface area contributed by atoms with Crippen molar-refractivity contribution in [2.45, 2.75) is 45.1 Å². The molecule has 0 radical (unpaired) electrons. The fourth-order valence-corrected chi connectivity index (χ4v) is 4.01. The average molecular weight is 349 g/mol. The molecule has 1 fully saturated rings. The Labute approximate surface area is 150 Å². The SMILES string of the molecule is C[C@@H]1CN(C[C@H](O)CN2CCc3ncnc(N(C)C)c3C2)C[C@H](C)O1. The van der Waals surface area contributed by atoms with Crippen LogP contribution >= 0.6 is 0 Å². The van der Waals surface area contributed by atoms with E-state index in [1.165, 1.54) is 5.56 Å². The number of ether oxygens (including phenoxy) is 1. The zero-order chi connectivity index (χ0) is 18.0. The van der Waals surface area contributed by atoms with E-state index in [1.54, 1.807) is 6.33 Å². The Hall–Kier alpha value is -1.28. The number of fused-ring (bicyclic) bond motifs is 1. The smallest absolute Gasteiger partial charge is 0.136 e. The molecular weight excluding hydrogens is 318 g/mol. The molecule has 0 saturated carbocycles. The molecule has 7 heteroatoms. The Balaban J connectivity index is 1.57. The highest BCUT2D eigenvalue weighted by molar-refractivity contribution is 5.48. The van der Waals surface area contributed by atoms with Crippen LogP contribution < -0.4 is 4.90 Å². The Morgan fingerprint density at radius 3 is 2.56 bits per heavy atom. The maximum absolute atomic E-state index is 10.6. The van der Waals surface area contributed by atoms with Gasteiger partial charge in [-0.2, -0.15) is 0 Å². The molecule has 0 bridgehead atoms. The molecule has 1 aromatic heterocycles. The summed E-state index contributed by atoms with van der Waals surface area (Å²) >= 11 is 0. The molecule has 3 atom stereocenters. The fourth-order valence-electron chi connectivity index (χ4n) is 4.01. The van der Waals surface area contributed by atoms with Gasteiger partial charge in [-0.05, 0) is 13.8 Å². The van der Waals surface area contributed by atoms with Gasteiger partial charge < -0.3 is 14.7 Å². The molecular formula is C18H31N5O2. The number of morpholine rings is 1. The Morgan fingerprint density at radius 1 is 1.20 bits per heavy atom. The minimum absolute atomic E-state index is 0.234. The van der Waals surface area contributed by atoms with Crippen LogP contribution in [0.3, 0.4) is 0 Å². The van der Waals surface area contributed by atoms with Crippen molar-refractivity contribution in [1.82, 2.24) is 19.8 Å². The second-order valence-electron chi connectivity index (χ2n) is 7.63. The lowest BCUT2D eigenvalue weighted by atomic mass is 10.1. The number of β-amino-alcohol motifs (C(OH)–C–C–N with tert-alkyl or cyclic N) is 1. The number of hydrogen-bond donors (Lipinski definition) is 1. The van der Waals surface area contributed by atoms with Crippen molar-refractivity contribution in [3.05, 3.63) is 17.6 Å². The van der Waals surface area contributed by atoms with E-state index in [1.807, 2.05) is 19.0 Å². The van der Waals surface area contributed by atoms with E-state index < -0.39 is 0 Å². The summed E-state index contributed by atoms with van der Waals surface area (Å²) in [5.41, 5.74) is 2.33. The lowest BCUT2D eigenvalue weighted by Crippen LogP contribution is -2.50. The van der Waals surface area contributed by atoms with Crippen molar-refractivity contribution >= 4 is 5.82 Å². The second kappa shape index (κ2) is 7.95. The van der Waals surface area contributed by atoms with E-state index in [4.69, 9.17) is 4.74 Å². The highest BCUT2D eigenvalue weighted by atomic mass is 16.5. The third-order valence-corrected chi connectivity index (χ3v) is 4.92. The van der Waals surface area contributed by atoms with Gasteiger partial charge in [0.25, 0.3) is 0 Å². The summed E-state index contributed by atoms with van der Waals surface area (Å²) in [7, 11) is 4.02. The van der Waals surface area contributed by atoms with Crippen molar-refractivity contribution in [3.63, 3.8) is 0 Å². The van der Waals surface area contributed by atoms with Crippen molar-refractivity contribution in [1.29, 1.82) is 0 Å². The van der Waals surface area contributed by atoms with Crippen LogP contribution in [0.4, 0.5) is 5.82 Å². The number of rotatable bonds is 5. The maximum Gasteiger partial charge on any atom is 0.136 e. The second-order valence-corrected chi connectivity index (χ2v) is 7.63. The monoisotopic (exact) mass is 349 g/mol. The van der Waals surface area contributed by atoms with Gasteiger partial charge in [0.15, 0.2) is 0 Å². The Kier molecular flexibility index (Phi) is 5.89. The predicted octanol–water partition coefficient (Wildman–Crippen LogP) is 0.371. The quantitative estimate of drug-likeness (QED) is 0.824. The highest BCUT2D eigenvalue weighted by Gasteiger charge is 2.26. The van der Waals surface area contributed by atoms with Gasteiger partial charge in [-0.25, -0.2) is 9.97 Å². The van der Waals surface area contributed by atoms with E-state index in [0.29, 0.717) is 13.1 Å². The molecule has 7 nitrogen and oxygen atoms in total. The van der Waals surface area contributed by atoms with E-state index >= 15 is 0 Å². The first-order chi connectivity index (χ1) is 11.9. The summed E-state index contributed by atoms with van der Waals surface area (Å²) in [6, 6.07) is 0. The first-order valence-electron chi connectivity index (χ1n) is 9.20. The van der Waals surface area contributed by atoms with Crippen molar-refractivity contribution in [3.8, 4) is 0 Å². The topological polar surface area (TPSA) is 65.0 Å². The van der Waals surface area contributed by atoms with Gasteiger partial charge in [-0.15, -0.1) is 0 Å². The first-order valence-corrected chi connectivity index (χ1v) is 9.20. The van der Waals surface area contributed by atoms with E-state index in [9.17, 15) is 5.11 Å². The van der Waals surface area contributed by atoms with Crippen LogP contribution in [0.15, 0.2) is 6.33 Å². The van der Waals surface area contributed by atoms with Crippen molar-refractivity contribution in [2.75, 3.05) is 51.7 Å². The van der Waals surface area contributed by atoms with Gasteiger partial charge >= 0.3 is 0 Å². The molecule has 0 spiro atoms. The standard InChI is InChI=1S/C18H31N5O2/c1-13-7-23(8-14(2)25-13)10-15(24)9-22-6-5-17-16(11-22)18(21(3)4)20-12-19-17/h12-15,24H,5-11H2,1-4H3/t13-,14+,15-/m1/s1. The Bertz CT molecular complexity index is 573. The van der Waals surface area contributed by atoms with Crippen molar-refractivity contribution < 1.29 is 9.84 Å². The molecule has 2 aliphatic rings. The highest BCUT2D eigenvalue weighted by Crippen LogP contribution is 2.24. The normalized spacial score (nSPS) is 26.3. The van der Waals surface area contributed by atoms with Crippen LogP contribution in [0.1, 0.15) is 25.1 Å². The molecule has 2 aliphatic heterocycles. The van der Waals surface area contributed by atoms with Gasteiger partial charge in [0, 0.05) is 65.3 Å².